The number of hydrogen-bond donors (Lipinski definition) is 1. The molecule has 5 rings (SSSR count). The molecule has 7 heteroatoms. The quantitative estimate of drug-likeness (QED) is 0.232. The number of fused-ring (bicyclic) bond motifs is 2. The molecule has 0 atom stereocenters. The smallest absolute Gasteiger partial charge is 0.261 e. The number of halogens is 1. The molecule has 0 saturated carbocycles. The summed E-state index contributed by atoms with van der Waals surface area (Å²) in [4.78, 5) is 40.3. The van der Waals surface area contributed by atoms with Gasteiger partial charge in [-0.3, -0.25) is 19.7 Å². The Morgan fingerprint density at radius 3 is 2.68 bits per heavy atom. The third-order valence-electron chi connectivity index (χ3n) is 5.30. The Hall–Kier alpha value is -3.77. The molecule has 2 amide bonds. The van der Waals surface area contributed by atoms with E-state index in [4.69, 9.17) is 11.6 Å². The number of benzene rings is 2. The van der Waals surface area contributed by atoms with E-state index in [0.29, 0.717) is 22.8 Å². The fraction of sp³-hybridized carbons (Fsp3) is 0.0833. The zero-order chi connectivity index (χ0) is 21.5. The summed E-state index contributed by atoms with van der Waals surface area (Å²) in [6.07, 6.45) is 4.57. The number of hydrogen-bond acceptors (Lipinski definition) is 4. The van der Waals surface area contributed by atoms with Gasteiger partial charge in [-0.1, -0.05) is 48.0 Å². The summed E-state index contributed by atoms with van der Waals surface area (Å²) in [5.74, 6) is -1.78. The number of Topliss-reactive ketones (excluding diaryl/α,β-unsaturated/α-hetero) is 1. The molecule has 31 heavy (non-hydrogen) atoms. The van der Waals surface area contributed by atoms with E-state index >= 15 is 0 Å². The number of carbonyl (C=O) groups excluding carboxylic acids is 3. The second-order valence-electron chi connectivity index (χ2n) is 7.45. The maximum atomic E-state index is 12.2. The first kappa shape index (κ1) is 19.2. The van der Waals surface area contributed by atoms with Crippen molar-refractivity contribution in [3.63, 3.8) is 0 Å². The Balaban J connectivity index is 1.59. The lowest BCUT2D eigenvalue weighted by Gasteiger charge is -2.12. The zero-order valence-electron chi connectivity index (χ0n) is 16.3. The average Bonchev–Trinajstić information content (AvgIpc) is 3.07. The Kier molecular flexibility index (Phi) is 4.64. The SMILES string of the molecule is O=C1CC(=O)/C(=C/c2cn(Cc3ccc4ccccc4c3)c3ncc(Cl)cc23)C(=O)N1. The van der Waals surface area contributed by atoms with Gasteiger partial charge in [-0.05, 0) is 34.5 Å². The molecule has 3 heterocycles. The highest BCUT2D eigenvalue weighted by molar-refractivity contribution is 6.33. The number of aromatic nitrogens is 2. The van der Waals surface area contributed by atoms with Crippen molar-refractivity contribution >= 4 is 57.1 Å². The molecule has 152 valence electrons. The van der Waals surface area contributed by atoms with Crippen LogP contribution in [0.15, 0.2) is 66.5 Å². The van der Waals surface area contributed by atoms with Crippen LogP contribution in [0.4, 0.5) is 0 Å². The molecule has 1 saturated heterocycles. The molecule has 2 aromatic carbocycles. The number of pyridine rings is 1. The first-order valence-corrected chi connectivity index (χ1v) is 10.1. The number of imide groups is 1. The Bertz CT molecular complexity index is 1410. The fourth-order valence-electron chi connectivity index (χ4n) is 3.85. The second-order valence-corrected chi connectivity index (χ2v) is 7.89. The molecule has 0 radical (unpaired) electrons. The van der Waals surface area contributed by atoms with Gasteiger partial charge in [-0.25, -0.2) is 4.98 Å². The van der Waals surface area contributed by atoms with E-state index in [0.717, 1.165) is 21.7 Å². The van der Waals surface area contributed by atoms with E-state index in [-0.39, 0.29) is 12.0 Å². The van der Waals surface area contributed by atoms with Crippen LogP contribution in [0.25, 0.3) is 27.9 Å². The molecular weight excluding hydrogens is 414 g/mol. The second kappa shape index (κ2) is 7.49. The van der Waals surface area contributed by atoms with Crippen LogP contribution < -0.4 is 5.32 Å². The summed E-state index contributed by atoms with van der Waals surface area (Å²) >= 11 is 6.16. The van der Waals surface area contributed by atoms with E-state index in [1.165, 1.54) is 6.08 Å². The van der Waals surface area contributed by atoms with Crippen LogP contribution >= 0.6 is 11.6 Å². The summed E-state index contributed by atoms with van der Waals surface area (Å²) in [6, 6.07) is 16.2. The van der Waals surface area contributed by atoms with Crippen LogP contribution in [0, 0.1) is 0 Å². The van der Waals surface area contributed by atoms with Crippen molar-refractivity contribution in [2.45, 2.75) is 13.0 Å². The highest BCUT2D eigenvalue weighted by atomic mass is 35.5. The number of nitrogens with one attached hydrogen (secondary N) is 1. The highest BCUT2D eigenvalue weighted by Crippen LogP contribution is 2.27. The first-order chi connectivity index (χ1) is 15.0. The van der Waals surface area contributed by atoms with Crippen LogP contribution in [0.1, 0.15) is 17.5 Å². The van der Waals surface area contributed by atoms with Gasteiger partial charge in [0.25, 0.3) is 5.91 Å². The number of rotatable bonds is 3. The number of nitrogens with zero attached hydrogens (tertiary/aromatic N) is 2. The molecule has 0 unspecified atom stereocenters. The maximum absolute atomic E-state index is 12.2. The topological polar surface area (TPSA) is 81.1 Å². The Morgan fingerprint density at radius 2 is 1.87 bits per heavy atom. The largest absolute Gasteiger partial charge is 0.327 e. The third kappa shape index (κ3) is 3.62. The summed E-state index contributed by atoms with van der Waals surface area (Å²) in [7, 11) is 0. The van der Waals surface area contributed by atoms with Gasteiger partial charge >= 0.3 is 0 Å². The van der Waals surface area contributed by atoms with Crippen molar-refractivity contribution in [2.75, 3.05) is 0 Å². The molecule has 4 aromatic rings. The molecule has 0 spiro atoms. The van der Waals surface area contributed by atoms with Crippen molar-refractivity contribution in [3.05, 3.63) is 82.6 Å². The predicted molar refractivity (Wildman–Crippen MR) is 119 cm³/mol. The minimum atomic E-state index is -0.688. The lowest BCUT2D eigenvalue weighted by atomic mass is 10.0. The van der Waals surface area contributed by atoms with Crippen LogP contribution in [0.5, 0.6) is 0 Å². The summed E-state index contributed by atoms with van der Waals surface area (Å²) < 4.78 is 1.96. The average molecular weight is 430 g/mol. The van der Waals surface area contributed by atoms with E-state index in [1.807, 2.05) is 22.9 Å². The zero-order valence-corrected chi connectivity index (χ0v) is 17.0. The summed E-state index contributed by atoms with van der Waals surface area (Å²) in [5, 5.41) is 5.66. The van der Waals surface area contributed by atoms with Crippen LogP contribution in [-0.4, -0.2) is 27.1 Å². The molecule has 2 aromatic heterocycles. The van der Waals surface area contributed by atoms with E-state index in [2.05, 4.69) is 40.6 Å². The van der Waals surface area contributed by atoms with Gasteiger partial charge in [0.15, 0.2) is 5.78 Å². The van der Waals surface area contributed by atoms with Gasteiger partial charge < -0.3 is 4.57 Å². The highest BCUT2D eigenvalue weighted by Gasteiger charge is 2.28. The van der Waals surface area contributed by atoms with Crippen LogP contribution in [0.3, 0.4) is 0 Å². The number of amides is 2. The minimum absolute atomic E-state index is 0.0515. The Morgan fingerprint density at radius 1 is 1.06 bits per heavy atom. The normalized spacial score (nSPS) is 15.8. The molecule has 0 bridgehead atoms. The maximum Gasteiger partial charge on any atom is 0.261 e. The van der Waals surface area contributed by atoms with Crippen molar-refractivity contribution in [1.82, 2.24) is 14.9 Å². The fourth-order valence-corrected chi connectivity index (χ4v) is 4.01. The molecule has 1 fully saturated rings. The minimum Gasteiger partial charge on any atom is -0.327 e. The molecule has 1 aliphatic rings. The van der Waals surface area contributed by atoms with Crippen molar-refractivity contribution in [3.8, 4) is 0 Å². The molecule has 6 nitrogen and oxygen atoms in total. The van der Waals surface area contributed by atoms with Gasteiger partial charge in [-0.2, -0.15) is 0 Å². The predicted octanol–water partition coefficient (Wildman–Crippen LogP) is 3.89. The lowest BCUT2D eigenvalue weighted by Crippen LogP contribution is -2.40. The third-order valence-corrected chi connectivity index (χ3v) is 5.50. The van der Waals surface area contributed by atoms with E-state index in [1.54, 1.807) is 12.3 Å². The van der Waals surface area contributed by atoms with Gasteiger partial charge in [-0.15, -0.1) is 0 Å². The van der Waals surface area contributed by atoms with Gasteiger partial charge in [0.05, 0.1) is 17.0 Å². The van der Waals surface area contributed by atoms with E-state index < -0.39 is 17.6 Å². The number of ketones is 1. The van der Waals surface area contributed by atoms with Crippen molar-refractivity contribution < 1.29 is 14.4 Å². The summed E-state index contributed by atoms with van der Waals surface area (Å²) in [6.45, 7) is 0.553. The summed E-state index contributed by atoms with van der Waals surface area (Å²) in [5.41, 5.74) is 2.36. The molecule has 0 aliphatic carbocycles. The molecule has 1 N–H and O–H groups in total. The number of piperidine rings is 1. The van der Waals surface area contributed by atoms with Gasteiger partial charge in [0, 0.05) is 29.9 Å². The number of carbonyl (C=O) groups is 3. The van der Waals surface area contributed by atoms with Crippen LogP contribution in [0.2, 0.25) is 5.02 Å². The van der Waals surface area contributed by atoms with Crippen LogP contribution in [-0.2, 0) is 20.9 Å². The Labute approximate surface area is 182 Å². The van der Waals surface area contributed by atoms with Crippen molar-refractivity contribution in [2.24, 2.45) is 0 Å². The van der Waals surface area contributed by atoms with Gasteiger partial charge in [0.1, 0.15) is 5.65 Å². The molecular formula is C24H16ClN3O3. The van der Waals surface area contributed by atoms with Crippen molar-refractivity contribution in [1.29, 1.82) is 0 Å². The van der Waals surface area contributed by atoms with E-state index in [9.17, 15) is 14.4 Å². The first-order valence-electron chi connectivity index (χ1n) is 9.69. The van der Waals surface area contributed by atoms with Gasteiger partial charge in [0.2, 0.25) is 5.91 Å². The molecule has 1 aliphatic heterocycles. The monoisotopic (exact) mass is 429 g/mol. The standard InChI is InChI=1S/C24H16ClN3O3/c25-18-9-19-17(8-20-21(29)10-22(30)27-24(20)31)13-28(23(19)26-11-18)12-14-5-6-15-3-1-2-4-16(15)7-14/h1-9,11,13H,10,12H2,(H,27,30,31)/b20-8-. The lowest BCUT2D eigenvalue weighted by molar-refractivity contribution is -0.134.